The molecule has 0 spiro atoms. The Labute approximate surface area is 247 Å². The number of hydrogen-bond donors (Lipinski definition) is 1. The second-order valence-electron chi connectivity index (χ2n) is 11.6. The molecule has 0 aliphatic carbocycles. The third kappa shape index (κ3) is 5.83. The maximum Gasteiger partial charge on any atom is 0.277 e. The topological polar surface area (TPSA) is 93.1 Å². The van der Waals surface area contributed by atoms with Gasteiger partial charge in [0.25, 0.3) is 5.91 Å². The molecule has 2 amide bonds. The number of fused-ring (bicyclic) bond motifs is 2. The van der Waals surface area contributed by atoms with E-state index in [0.717, 1.165) is 41.5 Å². The van der Waals surface area contributed by atoms with Crippen molar-refractivity contribution in [1.29, 1.82) is 0 Å². The molecule has 3 aliphatic rings. The Balaban J connectivity index is 1.28. The highest BCUT2D eigenvalue weighted by Crippen LogP contribution is 2.36. The number of hydrogen-bond acceptors (Lipinski definition) is 7. The van der Waals surface area contributed by atoms with Crippen LogP contribution >= 0.6 is 0 Å². The molecule has 2 saturated heterocycles. The van der Waals surface area contributed by atoms with E-state index in [9.17, 15) is 14.7 Å². The highest BCUT2D eigenvalue weighted by Gasteiger charge is 2.33. The smallest absolute Gasteiger partial charge is 0.277 e. The molecule has 220 valence electrons. The number of rotatable bonds is 8. The van der Waals surface area contributed by atoms with Crippen LogP contribution in [0.1, 0.15) is 54.0 Å². The summed E-state index contributed by atoms with van der Waals surface area (Å²) in [5.74, 6) is 1.43. The van der Waals surface area contributed by atoms with Crippen molar-refractivity contribution in [2.75, 3.05) is 62.2 Å². The van der Waals surface area contributed by atoms with Crippen LogP contribution in [0.25, 0.3) is 10.8 Å². The number of carbonyl (C=O) groups is 2. The number of likely N-dealkylation sites (tertiary alicyclic amines) is 1. The Hall–Kier alpha value is -3.98. The standard InChI is InChI=1S/C33H40N6O3/c1-2-30(41)37-18-20-38(21-19-37)32-27-13-17-39(28-23-25(40)22-24-10-4-5-11-26(24)28)33(42)31(27)34-29(35-32)12-6-9-16-36-14-7-3-8-15-36/h2,4-5,10-11,22-23,40H,1,3,6-9,12-21H2. The number of aromatic nitrogens is 2. The van der Waals surface area contributed by atoms with Gasteiger partial charge >= 0.3 is 0 Å². The number of nitrogens with zero attached hydrogens (tertiary/aromatic N) is 6. The Kier molecular flexibility index (Phi) is 8.37. The minimum atomic E-state index is -0.161. The number of piperidine rings is 1. The predicted molar refractivity (Wildman–Crippen MR) is 165 cm³/mol. The van der Waals surface area contributed by atoms with Gasteiger partial charge in [-0.15, -0.1) is 0 Å². The summed E-state index contributed by atoms with van der Waals surface area (Å²) in [7, 11) is 0. The van der Waals surface area contributed by atoms with Gasteiger partial charge in [0.15, 0.2) is 0 Å². The highest BCUT2D eigenvalue weighted by atomic mass is 16.3. The Morgan fingerprint density at radius 3 is 2.52 bits per heavy atom. The number of carbonyl (C=O) groups excluding carboxylic acids is 2. The van der Waals surface area contributed by atoms with E-state index in [1.807, 2.05) is 24.3 Å². The van der Waals surface area contributed by atoms with Crippen LogP contribution in [0.15, 0.2) is 49.1 Å². The molecule has 4 heterocycles. The maximum absolute atomic E-state index is 14.1. The van der Waals surface area contributed by atoms with Gasteiger partial charge in [-0.1, -0.05) is 37.3 Å². The first-order chi connectivity index (χ1) is 20.5. The van der Waals surface area contributed by atoms with Gasteiger partial charge < -0.3 is 24.7 Å². The van der Waals surface area contributed by atoms with E-state index < -0.39 is 0 Å². The van der Waals surface area contributed by atoms with Crippen molar-refractivity contribution in [1.82, 2.24) is 19.8 Å². The van der Waals surface area contributed by atoms with Gasteiger partial charge in [0.1, 0.15) is 23.1 Å². The Morgan fingerprint density at radius 1 is 0.952 bits per heavy atom. The Bertz CT molecular complexity index is 1480. The van der Waals surface area contributed by atoms with Gasteiger partial charge in [0.05, 0.1) is 5.69 Å². The van der Waals surface area contributed by atoms with Crippen LogP contribution in [0, 0.1) is 0 Å². The van der Waals surface area contributed by atoms with Gasteiger partial charge in [-0.25, -0.2) is 9.97 Å². The summed E-state index contributed by atoms with van der Waals surface area (Å²) >= 11 is 0. The highest BCUT2D eigenvalue weighted by molar-refractivity contribution is 6.12. The molecule has 0 bridgehead atoms. The van der Waals surface area contributed by atoms with Crippen LogP contribution in [0.2, 0.25) is 0 Å². The monoisotopic (exact) mass is 568 g/mol. The quantitative estimate of drug-likeness (QED) is 0.322. The number of benzene rings is 2. The molecule has 1 aromatic heterocycles. The lowest BCUT2D eigenvalue weighted by atomic mass is 10.0. The number of unbranched alkanes of at least 4 members (excludes halogenated alkanes) is 1. The average Bonchev–Trinajstić information content (AvgIpc) is 3.03. The summed E-state index contributed by atoms with van der Waals surface area (Å²) in [5.41, 5.74) is 2.02. The van der Waals surface area contributed by atoms with Crippen LogP contribution in [0.4, 0.5) is 11.5 Å². The first-order valence-electron chi connectivity index (χ1n) is 15.3. The fourth-order valence-electron chi connectivity index (χ4n) is 6.55. The van der Waals surface area contributed by atoms with E-state index in [4.69, 9.17) is 9.97 Å². The Morgan fingerprint density at radius 2 is 1.74 bits per heavy atom. The zero-order chi connectivity index (χ0) is 29.1. The lowest BCUT2D eigenvalue weighted by Gasteiger charge is -2.37. The molecule has 3 aromatic rings. The maximum atomic E-state index is 14.1. The van der Waals surface area contributed by atoms with Crippen LogP contribution in [0.3, 0.4) is 0 Å². The molecular weight excluding hydrogens is 528 g/mol. The SMILES string of the molecule is C=CC(=O)N1CCN(c2nc(CCCCN3CCCCC3)nc3c2CCN(c2cc(O)cc4ccccc24)C3=O)CC1. The van der Waals surface area contributed by atoms with Crippen molar-refractivity contribution in [3.63, 3.8) is 0 Å². The van der Waals surface area contributed by atoms with E-state index >= 15 is 0 Å². The number of piperazine rings is 1. The van der Waals surface area contributed by atoms with E-state index in [-0.39, 0.29) is 17.6 Å². The van der Waals surface area contributed by atoms with Crippen molar-refractivity contribution in [2.45, 2.75) is 44.9 Å². The summed E-state index contributed by atoms with van der Waals surface area (Å²) in [6.07, 6.45) is 8.64. The average molecular weight is 569 g/mol. The molecule has 2 fully saturated rings. The molecule has 0 saturated carbocycles. The zero-order valence-corrected chi connectivity index (χ0v) is 24.3. The predicted octanol–water partition coefficient (Wildman–Crippen LogP) is 4.18. The number of phenols is 1. The second kappa shape index (κ2) is 12.5. The third-order valence-electron chi connectivity index (χ3n) is 8.82. The van der Waals surface area contributed by atoms with Gasteiger partial charge in [0.2, 0.25) is 5.91 Å². The summed E-state index contributed by atoms with van der Waals surface area (Å²) in [6, 6.07) is 11.2. The molecule has 0 unspecified atom stereocenters. The molecule has 0 radical (unpaired) electrons. The minimum absolute atomic E-state index is 0.0575. The van der Waals surface area contributed by atoms with Crippen molar-refractivity contribution < 1.29 is 14.7 Å². The van der Waals surface area contributed by atoms with Crippen molar-refractivity contribution >= 4 is 34.1 Å². The summed E-state index contributed by atoms with van der Waals surface area (Å²) in [4.78, 5) is 44.6. The largest absolute Gasteiger partial charge is 0.508 e. The molecule has 9 heteroatoms. The van der Waals surface area contributed by atoms with E-state index in [2.05, 4.69) is 16.4 Å². The molecule has 0 atom stereocenters. The summed E-state index contributed by atoms with van der Waals surface area (Å²) < 4.78 is 0. The van der Waals surface area contributed by atoms with E-state index in [1.165, 1.54) is 38.4 Å². The molecular formula is C33H40N6O3. The lowest BCUT2D eigenvalue weighted by molar-refractivity contribution is -0.126. The summed E-state index contributed by atoms with van der Waals surface area (Å²) in [6.45, 7) is 10.0. The minimum Gasteiger partial charge on any atom is -0.508 e. The van der Waals surface area contributed by atoms with Crippen LogP contribution in [-0.2, 0) is 17.6 Å². The first-order valence-corrected chi connectivity index (χ1v) is 15.3. The number of amides is 2. The van der Waals surface area contributed by atoms with Crippen LogP contribution in [0.5, 0.6) is 5.75 Å². The van der Waals surface area contributed by atoms with Gasteiger partial charge in [-0.2, -0.15) is 0 Å². The summed E-state index contributed by atoms with van der Waals surface area (Å²) in [5, 5.41) is 12.3. The number of phenolic OH excluding ortho intramolecular Hbond substituents is 1. The molecule has 9 nitrogen and oxygen atoms in total. The second-order valence-corrected chi connectivity index (χ2v) is 11.6. The zero-order valence-electron chi connectivity index (χ0n) is 24.3. The van der Waals surface area contributed by atoms with Gasteiger partial charge in [0, 0.05) is 56.2 Å². The van der Waals surface area contributed by atoms with Crippen LogP contribution in [-0.4, -0.2) is 89.0 Å². The van der Waals surface area contributed by atoms with E-state index in [0.29, 0.717) is 62.8 Å². The van der Waals surface area contributed by atoms with Crippen molar-refractivity contribution in [2.24, 2.45) is 0 Å². The third-order valence-corrected chi connectivity index (χ3v) is 8.82. The lowest BCUT2D eigenvalue weighted by Crippen LogP contribution is -2.49. The molecule has 6 rings (SSSR count). The molecule has 3 aliphatic heterocycles. The molecule has 42 heavy (non-hydrogen) atoms. The number of anilines is 2. The first kappa shape index (κ1) is 28.2. The van der Waals surface area contributed by atoms with Crippen molar-refractivity contribution in [3.05, 3.63) is 66.1 Å². The van der Waals surface area contributed by atoms with Crippen molar-refractivity contribution in [3.8, 4) is 5.75 Å². The van der Waals surface area contributed by atoms with Gasteiger partial charge in [-0.05, 0) is 69.3 Å². The van der Waals surface area contributed by atoms with Crippen LogP contribution < -0.4 is 9.80 Å². The fourth-order valence-corrected chi connectivity index (χ4v) is 6.55. The van der Waals surface area contributed by atoms with E-state index in [1.54, 1.807) is 21.9 Å². The normalized spacial score (nSPS) is 17.9. The van der Waals surface area contributed by atoms with Gasteiger partial charge in [-0.3, -0.25) is 9.59 Å². The fraction of sp³-hybridized carbons (Fsp3) is 0.455. The molecule has 1 N–H and O–H groups in total. The number of aromatic hydroxyl groups is 1. The number of aryl methyl sites for hydroxylation is 1. The molecule has 2 aromatic carbocycles.